The summed E-state index contributed by atoms with van der Waals surface area (Å²) in [6.45, 7) is -0.422. The fourth-order valence-corrected chi connectivity index (χ4v) is 4.53. The van der Waals surface area contributed by atoms with Crippen molar-refractivity contribution in [3.8, 4) is 5.75 Å². The molecule has 3 heterocycles. The van der Waals surface area contributed by atoms with Crippen LogP contribution in [0.15, 0.2) is 36.7 Å². The highest BCUT2D eigenvalue weighted by atomic mass is 35.5. The van der Waals surface area contributed by atoms with Gasteiger partial charge in [0.05, 0.1) is 19.0 Å². The van der Waals surface area contributed by atoms with Crippen molar-refractivity contribution in [1.29, 1.82) is 0 Å². The van der Waals surface area contributed by atoms with Gasteiger partial charge in [0.25, 0.3) is 0 Å². The fourth-order valence-electron chi connectivity index (χ4n) is 4.37. The summed E-state index contributed by atoms with van der Waals surface area (Å²) in [5.41, 5.74) is 0.804. The molecule has 0 bridgehead atoms. The normalized spacial score (nSPS) is 30.1. The van der Waals surface area contributed by atoms with Gasteiger partial charge in [-0.15, -0.1) is 0 Å². The van der Waals surface area contributed by atoms with Gasteiger partial charge in [0.2, 0.25) is 5.28 Å². The Balaban J connectivity index is 1.42. The quantitative estimate of drug-likeness (QED) is 0.403. The number of aliphatic hydroxyl groups excluding tert-OH is 3. The third-order valence-corrected chi connectivity index (χ3v) is 6.16. The number of hydrogen-bond donors (Lipinski definition) is 4. The van der Waals surface area contributed by atoms with Crippen molar-refractivity contribution in [2.24, 2.45) is 0 Å². The number of imidazole rings is 1. The van der Waals surface area contributed by atoms with Gasteiger partial charge in [-0.05, 0) is 43.0 Å². The maximum atomic E-state index is 10.4. The molecule has 0 unspecified atom stereocenters. The Labute approximate surface area is 188 Å². The molecule has 0 amide bonds. The van der Waals surface area contributed by atoms with E-state index in [1.165, 1.54) is 10.9 Å². The van der Waals surface area contributed by atoms with Crippen molar-refractivity contribution < 1.29 is 24.8 Å². The van der Waals surface area contributed by atoms with E-state index in [2.05, 4.69) is 20.3 Å². The molecule has 3 aromatic rings. The molecular formula is C21H24ClN5O5. The second-order valence-electron chi connectivity index (χ2n) is 8.05. The number of benzene rings is 1. The zero-order valence-electron chi connectivity index (χ0n) is 17.1. The zero-order chi connectivity index (χ0) is 22.2. The van der Waals surface area contributed by atoms with E-state index in [1.54, 1.807) is 0 Å². The highest BCUT2D eigenvalue weighted by Crippen LogP contribution is 2.34. The topological polar surface area (TPSA) is 135 Å². The summed E-state index contributed by atoms with van der Waals surface area (Å²) in [6, 6.07) is 9.68. The molecule has 10 nitrogen and oxygen atoms in total. The Hall–Kier alpha value is -2.50. The molecule has 6 atom stereocenters. The van der Waals surface area contributed by atoms with Gasteiger partial charge in [-0.3, -0.25) is 4.57 Å². The summed E-state index contributed by atoms with van der Waals surface area (Å²) in [4.78, 5) is 13.0. The predicted molar refractivity (Wildman–Crippen MR) is 115 cm³/mol. The molecule has 2 aromatic heterocycles. The van der Waals surface area contributed by atoms with Gasteiger partial charge in [-0.1, -0.05) is 18.2 Å². The standard InChI is InChI=1S/C21H24ClN5O5/c22-21-25-18(24-12-7-4-8-13(12)31-11-5-2-1-3-6-11)15-19(26-21)27(10-23-15)20-17(30)16(29)14(9-28)32-20/h1-3,5-6,10,12-14,16-17,20,28-30H,4,7-9H2,(H,24,25,26)/t12-,13-,14-,16-,17-,20-/m1/s1. The number of anilines is 1. The van der Waals surface area contributed by atoms with E-state index in [0.29, 0.717) is 17.0 Å². The molecule has 1 aromatic carbocycles. The molecule has 11 heteroatoms. The van der Waals surface area contributed by atoms with E-state index in [0.717, 1.165) is 25.0 Å². The predicted octanol–water partition coefficient (Wildman–Crippen LogP) is 1.50. The molecule has 0 spiro atoms. The maximum Gasteiger partial charge on any atom is 0.226 e. The first-order valence-corrected chi connectivity index (χ1v) is 10.9. The van der Waals surface area contributed by atoms with Gasteiger partial charge in [0.1, 0.15) is 30.2 Å². The lowest BCUT2D eigenvalue weighted by Gasteiger charge is -2.23. The molecule has 0 radical (unpaired) electrons. The SMILES string of the molecule is OC[C@H]1O[C@@H](n2cnc3c(N[C@@H]4CCC[C@H]4Oc4ccccc4)nc(Cl)nc32)[C@H](O)[C@@H]1O. The molecule has 5 rings (SSSR count). The van der Waals surface area contributed by atoms with Crippen molar-refractivity contribution >= 4 is 28.6 Å². The van der Waals surface area contributed by atoms with Crippen molar-refractivity contribution in [1.82, 2.24) is 19.5 Å². The van der Waals surface area contributed by atoms with Crippen LogP contribution in [-0.4, -0.2) is 71.9 Å². The molecule has 2 fully saturated rings. The number of nitrogens with one attached hydrogen (secondary N) is 1. The first kappa shape index (κ1) is 21.4. The summed E-state index contributed by atoms with van der Waals surface area (Å²) >= 11 is 6.20. The number of nitrogens with zero attached hydrogens (tertiary/aromatic N) is 4. The minimum Gasteiger partial charge on any atom is -0.488 e. The third kappa shape index (κ3) is 3.89. The number of para-hydroxylation sites is 1. The Morgan fingerprint density at radius 1 is 1.16 bits per heavy atom. The average molecular weight is 462 g/mol. The summed E-state index contributed by atoms with van der Waals surface area (Å²) < 4.78 is 13.3. The Morgan fingerprint density at radius 2 is 1.97 bits per heavy atom. The maximum absolute atomic E-state index is 10.4. The molecule has 32 heavy (non-hydrogen) atoms. The first-order chi connectivity index (χ1) is 15.5. The summed E-state index contributed by atoms with van der Waals surface area (Å²) in [7, 11) is 0. The van der Waals surface area contributed by atoms with E-state index in [4.69, 9.17) is 21.1 Å². The van der Waals surface area contributed by atoms with Crippen LogP contribution in [0.25, 0.3) is 11.2 Å². The third-order valence-electron chi connectivity index (χ3n) is 5.99. The highest BCUT2D eigenvalue weighted by molar-refractivity contribution is 6.28. The molecule has 1 saturated heterocycles. The van der Waals surface area contributed by atoms with Crippen molar-refractivity contribution in [2.75, 3.05) is 11.9 Å². The summed E-state index contributed by atoms with van der Waals surface area (Å²) in [5.74, 6) is 1.27. The van der Waals surface area contributed by atoms with Crippen molar-refractivity contribution in [3.05, 3.63) is 41.9 Å². The lowest BCUT2D eigenvalue weighted by molar-refractivity contribution is -0.0511. The van der Waals surface area contributed by atoms with Gasteiger partial charge in [-0.25, -0.2) is 4.98 Å². The van der Waals surface area contributed by atoms with Crippen molar-refractivity contribution in [2.45, 2.75) is 55.9 Å². The Bertz CT molecular complexity index is 1080. The summed E-state index contributed by atoms with van der Waals surface area (Å²) in [6.07, 6.45) is -0.129. The zero-order valence-corrected chi connectivity index (χ0v) is 17.8. The van der Waals surface area contributed by atoms with Gasteiger partial charge >= 0.3 is 0 Å². The second-order valence-corrected chi connectivity index (χ2v) is 8.38. The van der Waals surface area contributed by atoms with Gasteiger partial charge in [0, 0.05) is 0 Å². The van der Waals surface area contributed by atoms with Crippen LogP contribution in [-0.2, 0) is 4.74 Å². The molecule has 1 saturated carbocycles. The van der Waals surface area contributed by atoms with Crippen LogP contribution in [0.5, 0.6) is 5.75 Å². The number of fused-ring (bicyclic) bond motifs is 1. The molecule has 4 N–H and O–H groups in total. The van der Waals surface area contributed by atoms with Gasteiger partial charge < -0.3 is 30.1 Å². The summed E-state index contributed by atoms with van der Waals surface area (Å²) in [5, 5.41) is 33.3. The monoisotopic (exact) mass is 461 g/mol. The minimum absolute atomic E-state index is 0.00318. The highest BCUT2D eigenvalue weighted by Gasteiger charge is 2.44. The van der Waals surface area contributed by atoms with E-state index in [-0.39, 0.29) is 17.4 Å². The first-order valence-electron chi connectivity index (χ1n) is 10.6. The van der Waals surface area contributed by atoms with Crippen LogP contribution in [0.4, 0.5) is 5.82 Å². The fraction of sp³-hybridized carbons (Fsp3) is 0.476. The van der Waals surface area contributed by atoms with Crippen LogP contribution in [0, 0.1) is 0 Å². The molecular weight excluding hydrogens is 438 g/mol. The molecule has 1 aliphatic carbocycles. The molecule has 170 valence electrons. The number of ether oxygens (including phenoxy) is 2. The Kier molecular flexibility index (Phi) is 5.87. The Morgan fingerprint density at radius 3 is 2.72 bits per heavy atom. The number of halogens is 1. The van der Waals surface area contributed by atoms with Crippen LogP contribution >= 0.6 is 11.6 Å². The van der Waals surface area contributed by atoms with Gasteiger partial charge in [-0.2, -0.15) is 9.97 Å². The number of aliphatic hydroxyl groups is 3. The largest absolute Gasteiger partial charge is 0.488 e. The number of aromatic nitrogens is 4. The lowest BCUT2D eigenvalue weighted by Crippen LogP contribution is -2.33. The van der Waals surface area contributed by atoms with E-state index < -0.39 is 31.1 Å². The van der Waals surface area contributed by atoms with Crippen LogP contribution in [0.3, 0.4) is 0 Å². The minimum atomic E-state index is -1.26. The van der Waals surface area contributed by atoms with E-state index in [1.807, 2.05) is 30.3 Å². The van der Waals surface area contributed by atoms with Gasteiger partial charge in [0.15, 0.2) is 23.2 Å². The second kappa shape index (κ2) is 8.80. The van der Waals surface area contributed by atoms with E-state index >= 15 is 0 Å². The van der Waals surface area contributed by atoms with E-state index in [9.17, 15) is 15.3 Å². The number of hydrogen-bond acceptors (Lipinski definition) is 9. The van der Waals surface area contributed by atoms with Crippen molar-refractivity contribution in [3.63, 3.8) is 0 Å². The number of rotatable bonds is 6. The molecule has 1 aliphatic heterocycles. The lowest BCUT2D eigenvalue weighted by atomic mass is 10.1. The molecule has 2 aliphatic rings. The van der Waals surface area contributed by atoms with Crippen LogP contribution in [0.1, 0.15) is 25.5 Å². The van der Waals surface area contributed by atoms with Crippen LogP contribution in [0.2, 0.25) is 5.28 Å². The van der Waals surface area contributed by atoms with Crippen LogP contribution < -0.4 is 10.1 Å². The average Bonchev–Trinajstić information content (AvgIpc) is 3.48. The smallest absolute Gasteiger partial charge is 0.226 e.